The van der Waals surface area contributed by atoms with Crippen LogP contribution in [-0.2, 0) is 15.0 Å². The Bertz CT molecular complexity index is 599. The van der Waals surface area contributed by atoms with Gasteiger partial charge in [-0.2, -0.15) is 12.7 Å². The zero-order chi connectivity index (χ0) is 18.9. The van der Waals surface area contributed by atoms with E-state index < -0.39 is 40.3 Å². The predicted octanol–water partition coefficient (Wildman–Crippen LogP) is -2.33. The molecular weight excluding hydrogens is 351 g/mol. The van der Waals surface area contributed by atoms with Crippen LogP contribution in [0.4, 0.5) is 0 Å². The van der Waals surface area contributed by atoms with Gasteiger partial charge in [-0.3, -0.25) is 4.79 Å². The fourth-order valence-electron chi connectivity index (χ4n) is 3.35. The second kappa shape index (κ2) is 7.47. The highest BCUT2D eigenvalue weighted by Crippen LogP contribution is 2.32. The van der Waals surface area contributed by atoms with Crippen molar-refractivity contribution >= 4 is 23.3 Å². The molecule has 12 heteroatoms. The molecule has 2 fully saturated rings. The largest absolute Gasteiger partial charge is 0.480 e. The Hall–Kier alpha value is -0.755. The van der Waals surface area contributed by atoms with E-state index in [1.54, 1.807) is 0 Å². The Morgan fingerprint density at radius 2 is 1.96 bits per heavy atom. The minimum Gasteiger partial charge on any atom is -0.480 e. The summed E-state index contributed by atoms with van der Waals surface area (Å²) in [5.41, 5.74) is 9.77. The van der Waals surface area contributed by atoms with Crippen LogP contribution in [-0.4, -0.2) is 71.7 Å². The van der Waals surface area contributed by atoms with Crippen molar-refractivity contribution in [3.05, 3.63) is 0 Å². The summed E-state index contributed by atoms with van der Waals surface area (Å²) >= 11 is 0. The van der Waals surface area contributed by atoms with Crippen LogP contribution in [0.2, 0.25) is 6.32 Å². The average molecular weight is 378 g/mol. The van der Waals surface area contributed by atoms with Gasteiger partial charge in [-0.15, -0.1) is 0 Å². The van der Waals surface area contributed by atoms with Crippen molar-refractivity contribution in [2.75, 3.05) is 19.6 Å². The van der Waals surface area contributed by atoms with E-state index in [-0.39, 0.29) is 32.4 Å². The highest BCUT2D eigenvalue weighted by atomic mass is 32.2. The highest BCUT2D eigenvalue weighted by Gasteiger charge is 2.52. The molecule has 2 aliphatic rings. The first kappa shape index (κ1) is 20.6. The molecule has 2 atom stereocenters. The fourth-order valence-corrected chi connectivity index (χ4v) is 4.76. The number of nitrogens with zero attached hydrogens (tertiary/aromatic N) is 1. The Labute approximate surface area is 147 Å². The summed E-state index contributed by atoms with van der Waals surface area (Å²) in [7, 11) is -5.37. The molecule has 10 nitrogen and oxygen atoms in total. The van der Waals surface area contributed by atoms with Gasteiger partial charge in [0.1, 0.15) is 5.54 Å². The molecule has 8 N–H and O–H groups in total. The summed E-state index contributed by atoms with van der Waals surface area (Å²) in [4.78, 5) is 11.6. The van der Waals surface area contributed by atoms with Crippen LogP contribution in [0.3, 0.4) is 0 Å². The van der Waals surface area contributed by atoms with Crippen molar-refractivity contribution in [3.8, 4) is 0 Å². The SMILES string of the molecule is NC1(CNS(=O)(=O)N2C[C@H](CCCB(O)O)[C@](N)(C(=O)O)C2)CCC1. The monoisotopic (exact) mass is 378 g/mol. The molecule has 0 aromatic carbocycles. The molecule has 25 heavy (non-hydrogen) atoms. The number of rotatable bonds is 9. The summed E-state index contributed by atoms with van der Waals surface area (Å²) in [5, 5.41) is 27.3. The van der Waals surface area contributed by atoms with Crippen LogP contribution in [0.15, 0.2) is 0 Å². The van der Waals surface area contributed by atoms with Gasteiger partial charge in [0.2, 0.25) is 0 Å². The Kier molecular flexibility index (Phi) is 6.14. The minimum atomic E-state index is -3.89. The van der Waals surface area contributed by atoms with Crippen molar-refractivity contribution < 1.29 is 28.4 Å². The Balaban J connectivity index is 2.02. The number of carbonyl (C=O) groups is 1. The summed E-state index contributed by atoms with van der Waals surface area (Å²) in [6.45, 7) is -0.253. The maximum Gasteiger partial charge on any atom is 0.451 e. The van der Waals surface area contributed by atoms with Crippen LogP contribution in [0.1, 0.15) is 32.1 Å². The van der Waals surface area contributed by atoms with Crippen LogP contribution < -0.4 is 16.2 Å². The number of hydrogen-bond acceptors (Lipinski definition) is 7. The van der Waals surface area contributed by atoms with E-state index >= 15 is 0 Å². The lowest BCUT2D eigenvalue weighted by Crippen LogP contribution is -2.57. The van der Waals surface area contributed by atoms with E-state index in [0.717, 1.165) is 23.6 Å². The van der Waals surface area contributed by atoms with Gasteiger partial charge in [0, 0.05) is 31.1 Å². The van der Waals surface area contributed by atoms with Crippen LogP contribution >= 0.6 is 0 Å². The molecule has 1 aliphatic carbocycles. The molecule has 0 radical (unpaired) electrons. The van der Waals surface area contributed by atoms with E-state index in [0.29, 0.717) is 6.42 Å². The third-order valence-electron chi connectivity index (χ3n) is 5.30. The lowest BCUT2D eigenvalue weighted by molar-refractivity contribution is -0.144. The third-order valence-corrected chi connectivity index (χ3v) is 6.77. The van der Waals surface area contributed by atoms with E-state index in [4.69, 9.17) is 21.5 Å². The summed E-state index contributed by atoms with van der Waals surface area (Å²) in [5.74, 6) is -1.88. The number of nitrogens with one attached hydrogen (secondary N) is 1. The van der Waals surface area contributed by atoms with Gasteiger partial charge >= 0.3 is 13.1 Å². The van der Waals surface area contributed by atoms with Crippen LogP contribution in [0.5, 0.6) is 0 Å². The van der Waals surface area contributed by atoms with Crippen LogP contribution in [0.25, 0.3) is 0 Å². The van der Waals surface area contributed by atoms with E-state index in [2.05, 4.69) is 4.72 Å². The summed E-state index contributed by atoms with van der Waals surface area (Å²) < 4.78 is 28.5. The molecule has 0 aromatic heterocycles. The second-order valence-electron chi connectivity index (χ2n) is 7.29. The molecule has 0 spiro atoms. The quantitative estimate of drug-likeness (QED) is 0.242. The first-order valence-corrected chi connectivity index (χ1v) is 9.85. The molecule has 2 rings (SSSR count). The number of hydrogen-bond donors (Lipinski definition) is 6. The molecule has 144 valence electrons. The normalized spacial score (nSPS) is 29.4. The standard InChI is InChI=1S/C13H27BN4O6S/c15-12(4-2-5-12)8-17-25(23,24)18-7-10(3-1-6-14(21)22)13(16,9-18)11(19)20/h10,17,21-22H,1-9,15-16H2,(H,19,20)/t10-,13-/m0/s1. The second-order valence-corrected chi connectivity index (χ2v) is 9.04. The third kappa shape index (κ3) is 4.70. The molecule has 0 unspecified atom stereocenters. The van der Waals surface area contributed by atoms with E-state index in [9.17, 15) is 18.3 Å². The molecule has 0 bridgehead atoms. The smallest absolute Gasteiger partial charge is 0.451 e. The maximum absolute atomic E-state index is 12.5. The minimum absolute atomic E-state index is 0.0305. The molecule has 1 saturated carbocycles. The van der Waals surface area contributed by atoms with Crippen molar-refractivity contribution in [3.63, 3.8) is 0 Å². The lowest BCUT2D eigenvalue weighted by atomic mass is 9.78. The fraction of sp³-hybridized carbons (Fsp3) is 0.923. The number of carboxylic acids is 1. The van der Waals surface area contributed by atoms with Gasteiger partial charge in [0.05, 0.1) is 0 Å². The van der Waals surface area contributed by atoms with Gasteiger partial charge in [-0.1, -0.05) is 6.42 Å². The maximum atomic E-state index is 12.5. The molecule has 0 aromatic rings. The predicted molar refractivity (Wildman–Crippen MR) is 91.5 cm³/mol. The molecule has 1 heterocycles. The van der Waals surface area contributed by atoms with Crippen molar-refractivity contribution in [2.45, 2.75) is 49.5 Å². The lowest BCUT2D eigenvalue weighted by Gasteiger charge is -2.38. The van der Waals surface area contributed by atoms with Crippen molar-refractivity contribution in [1.29, 1.82) is 0 Å². The molecule has 0 amide bonds. The first-order valence-electron chi connectivity index (χ1n) is 8.41. The highest BCUT2D eigenvalue weighted by molar-refractivity contribution is 7.87. The van der Waals surface area contributed by atoms with Gasteiger partial charge in [-0.25, -0.2) is 4.72 Å². The van der Waals surface area contributed by atoms with Crippen LogP contribution in [0, 0.1) is 5.92 Å². The Morgan fingerprint density at radius 1 is 1.32 bits per heavy atom. The van der Waals surface area contributed by atoms with Gasteiger partial charge in [-0.05, 0) is 32.0 Å². The molecule has 1 aliphatic heterocycles. The zero-order valence-corrected chi connectivity index (χ0v) is 14.9. The first-order chi connectivity index (χ1) is 11.5. The topological polar surface area (TPSA) is 179 Å². The van der Waals surface area contributed by atoms with Crippen molar-refractivity contribution in [2.24, 2.45) is 17.4 Å². The van der Waals surface area contributed by atoms with Crippen molar-refractivity contribution in [1.82, 2.24) is 9.03 Å². The van der Waals surface area contributed by atoms with E-state index in [1.807, 2.05) is 0 Å². The number of aliphatic carboxylic acids is 1. The van der Waals surface area contributed by atoms with Gasteiger partial charge in [0.25, 0.3) is 10.2 Å². The summed E-state index contributed by atoms with van der Waals surface area (Å²) in [6, 6.07) is 0. The number of nitrogens with two attached hydrogens (primary N) is 2. The average Bonchev–Trinajstić information content (AvgIpc) is 2.82. The zero-order valence-electron chi connectivity index (χ0n) is 14.1. The Morgan fingerprint density at radius 3 is 2.44 bits per heavy atom. The summed E-state index contributed by atoms with van der Waals surface area (Å²) in [6.07, 6.45) is 3.16. The van der Waals surface area contributed by atoms with Gasteiger partial charge < -0.3 is 26.6 Å². The molecular formula is C13H27BN4O6S. The van der Waals surface area contributed by atoms with Gasteiger partial charge in [0.15, 0.2) is 0 Å². The number of carboxylic acid groups (broad SMARTS) is 1. The molecule has 1 saturated heterocycles. The van der Waals surface area contributed by atoms with E-state index in [1.165, 1.54) is 0 Å².